The highest BCUT2D eigenvalue weighted by molar-refractivity contribution is 5.45. The van der Waals surface area contributed by atoms with Gasteiger partial charge < -0.3 is 0 Å². The number of benzene rings is 2. The fraction of sp³-hybridized carbons (Fsp3) is 0.407. The van der Waals surface area contributed by atoms with E-state index in [0.29, 0.717) is 5.92 Å². The second-order valence-electron chi connectivity index (χ2n) is 7.82. The van der Waals surface area contributed by atoms with Crippen LogP contribution in [0.4, 0.5) is 4.39 Å². The molecule has 28 heavy (non-hydrogen) atoms. The lowest BCUT2D eigenvalue weighted by molar-refractivity contribution is 0.294. The number of rotatable bonds is 4. The molecule has 0 spiro atoms. The Hall–Kier alpha value is -2.51. The van der Waals surface area contributed by atoms with Crippen LogP contribution in [0.3, 0.4) is 0 Å². The summed E-state index contributed by atoms with van der Waals surface area (Å²) in [6.07, 6.45) is 10.7. The minimum absolute atomic E-state index is 0.238. The zero-order valence-electron chi connectivity index (χ0n) is 16.8. The molecular weight excluding hydrogens is 343 g/mol. The maximum atomic E-state index is 12.9. The summed E-state index contributed by atoms with van der Waals surface area (Å²) in [5, 5.41) is 0. The van der Waals surface area contributed by atoms with E-state index >= 15 is 0 Å². The van der Waals surface area contributed by atoms with Crippen molar-refractivity contribution < 1.29 is 4.39 Å². The normalized spacial score (nSPS) is 18.5. The predicted molar refractivity (Wildman–Crippen MR) is 115 cm³/mol. The second kappa shape index (κ2) is 10.7. The molecule has 0 bridgehead atoms. The Balaban J connectivity index is 1.50. The summed E-state index contributed by atoms with van der Waals surface area (Å²) >= 11 is 0. The third-order valence-electron chi connectivity index (χ3n) is 5.56. The van der Waals surface area contributed by atoms with Gasteiger partial charge in [-0.25, -0.2) is 4.39 Å². The van der Waals surface area contributed by atoms with Crippen molar-refractivity contribution in [3.05, 3.63) is 71.0 Å². The van der Waals surface area contributed by atoms with Crippen LogP contribution in [-0.2, 0) is 0 Å². The minimum atomic E-state index is -0.238. The molecule has 0 heterocycles. The van der Waals surface area contributed by atoms with Gasteiger partial charge in [-0.1, -0.05) is 56.3 Å². The summed E-state index contributed by atoms with van der Waals surface area (Å²) in [6, 6.07) is 14.3. The SMILES string of the molecule is CCCCCC1CCC(C#Cc2ccc(C#Cc3ccc(F)cc3)cc2)CC1. The zero-order chi connectivity index (χ0) is 19.6. The molecule has 0 amide bonds. The van der Waals surface area contributed by atoms with Crippen molar-refractivity contribution >= 4 is 0 Å². The Kier molecular flexibility index (Phi) is 7.75. The third kappa shape index (κ3) is 6.58. The van der Waals surface area contributed by atoms with Crippen LogP contribution in [0.1, 0.15) is 75.0 Å². The highest BCUT2D eigenvalue weighted by Gasteiger charge is 2.19. The Bertz CT molecular complexity index is 845. The van der Waals surface area contributed by atoms with E-state index in [1.807, 2.05) is 24.3 Å². The van der Waals surface area contributed by atoms with Crippen LogP contribution in [-0.4, -0.2) is 0 Å². The molecule has 0 aromatic heterocycles. The van der Waals surface area contributed by atoms with E-state index in [1.54, 1.807) is 12.1 Å². The molecule has 0 nitrogen and oxygen atoms in total. The smallest absolute Gasteiger partial charge is 0.123 e. The molecule has 0 N–H and O–H groups in total. The number of hydrogen-bond donors (Lipinski definition) is 0. The lowest BCUT2D eigenvalue weighted by Gasteiger charge is -2.25. The van der Waals surface area contributed by atoms with Crippen molar-refractivity contribution in [1.29, 1.82) is 0 Å². The highest BCUT2D eigenvalue weighted by Crippen LogP contribution is 2.31. The largest absolute Gasteiger partial charge is 0.207 e. The number of unbranched alkanes of at least 4 members (excludes halogenated alkanes) is 2. The van der Waals surface area contributed by atoms with Gasteiger partial charge in [0.2, 0.25) is 0 Å². The van der Waals surface area contributed by atoms with Crippen molar-refractivity contribution in [2.75, 3.05) is 0 Å². The zero-order valence-corrected chi connectivity index (χ0v) is 16.8. The fourth-order valence-electron chi connectivity index (χ4n) is 3.78. The van der Waals surface area contributed by atoms with Gasteiger partial charge in [0.1, 0.15) is 5.82 Å². The summed E-state index contributed by atoms with van der Waals surface area (Å²) in [7, 11) is 0. The summed E-state index contributed by atoms with van der Waals surface area (Å²) in [5.41, 5.74) is 2.82. The van der Waals surface area contributed by atoms with E-state index in [2.05, 4.69) is 30.6 Å². The third-order valence-corrected chi connectivity index (χ3v) is 5.56. The van der Waals surface area contributed by atoms with E-state index < -0.39 is 0 Å². The van der Waals surface area contributed by atoms with Crippen molar-refractivity contribution in [2.24, 2.45) is 11.8 Å². The molecule has 1 saturated carbocycles. The molecule has 2 aromatic carbocycles. The highest BCUT2D eigenvalue weighted by atomic mass is 19.1. The molecule has 1 fully saturated rings. The topological polar surface area (TPSA) is 0 Å². The summed E-state index contributed by atoms with van der Waals surface area (Å²) in [4.78, 5) is 0. The van der Waals surface area contributed by atoms with E-state index in [4.69, 9.17) is 0 Å². The Morgan fingerprint density at radius 1 is 0.750 bits per heavy atom. The van der Waals surface area contributed by atoms with Gasteiger partial charge in [0.15, 0.2) is 0 Å². The lowest BCUT2D eigenvalue weighted by Crippen LogP contribution is -2.13. The van der Waals surface area contributed by atoms with E-state index in [-0.39, 0.29) is 5.82 Å². The maximum absolute atomic E-state index is 12.9. The lowest BCUT2D eigenvalue weighted by atomic mass is 9.80. The van der Waals surface area contributed by atoms with Gasteiger partial charge in [-0.15, -0.1) is 0 Å². The maximum Gasteiger partial charge on any atom is 0.123 e. The number of halogens is 1. The summed E-state index contributed by atoms with van der Waals surface area (Å²) in [6.45, 7) is 2.27. The first-order valence-electron chi connectivity index (χ1n) is 10.6. The van der Waals surface area contributed by atoms with Gasteiger partial charge >= 0.3 is 0 Å². The van der Waals surface area contributed by atoms with Crippen LogP contribution in [0, 0.1) is 41.3 Å². The van der Waals surface area contributed by atoms with Crippen LogP contribution >= 0.6 is 0 Å². The van der Waals surface area contributed by atoms with Crippen molar-refractivity contribution in [1.82, 2.24) is 0 Å². The van der Waals surface area contributed by atoms with Gasteiger partial charge in [-0.2, -0.15) is 0 Å². The molecule has 1 aliphatic rings. The first-order chi connectivity index (χ1) is 13.7. The van der Waals surface area contributed by atoms with Gasteiger partial charge in [0, 0.05) is 22.6 Å². The molecule has 1 heteroatoms. The monoisotopic (exact) mass is 372 g/mol. The van der Waals surface area contributed by atoms with Crippen LogP contribution in [0.5, 0.6) is 0 Å². The summed E-state index contributed by atoms with van der Waals surface area (Å²) < 4.78 is 12.9. The predicted octanol–water partition coefficient (Wildman–Crippen LogP) is 6.96. The molecule has 3 rings (SSSR count). The van der Waals surface area contributed by atoms with Gasteiger partial charge in [0.25, 0.3) is 0 Å². The first-order valence-corrected chi connectivity index (χ1v) is 10.6. The quantitative estimate of drug-likeness (QED) is 0.402. The fourth-order valence-corrected chi connectivity index (χ4v) is 3.78. The van der Waals surface area contributed by atoms with Crippen molar-refractivity contribution in [2.45, 2.75) is 58.3 Å². The molecular formula is C27H29F. The summed E-state index contributed by atoms with van der Waals surface area (Å²) in [5.74, 6) is 14.3. The van der Waals surface area contributed by atoms with Crippen molar-refractivity contribution in [3.63, 3.8) is 0 Å². The van der Waals surface area contributed by atoms with Gasteiger partial charge in [-0.3, -0.25) is 0 Å². The minimum Gasteiger partial charge on any atom is -0.207 e. The molecule has 0 aliphatic heterocycles. The average Bonchev–Trinajstić information content (AvgIpc) is 2.74. The molecule has 0 atom stereocenters. The van der Waals surface area contributed by atoms with E-state index in [9.17, 15) is 4.39 Å². The van der Waals surface area contributed by atoms with E-state index in [1.165, 1.54) is 63.5 Å². The molecule has 0 unspecified atom stereocenters. The van der Waals surface area contributed by atoms with Crippen molar-refractivity contribution in [3.8, 4) is 23.7 Å². The van der Waals surface area contributed by atoms with Crippen LogP contribution in [0.2, 0.25) is 0 Å². The standard InChI is InChI=1S/C27H29F/c1-2-3-4-5-22-6-8-23(9-7-22)10-11-24-12-14-25(15-13-24)16-17-26-18-20-27(28)21-19-26/h12-15,18-23H,2-9H2,1H3. The number of hydrogen-bond acceptors (Lipinski definition) is 0. The Labute approximate surface area is 169 Å². The first kappa shape index (κ1) is 20.2. The van der Waals surface area contributed by atoms with Crippen LogP contribution in [0.25, 0.3) is 0 Å². The average molecular weight is 373 g/mol. The Morgan fingerprint density at radius 3 is 1.86 bits per heavy atom. The molecule has 0 saturated heterocycles. The molecule has 1 aliphatic carbocycles. The molecule has 2 aromatic rings. The second-order valence-corrected chi connectivity index (χ2v) is 7.82. The van der Waals surface area contributed by atoms with Gasteiger partial charge in [0.05, 0.1) is 0 Å². The van der Waals surface area contributed by atoms with Crippen LogP contribution < -0.4 is 0 Å². The molecule has 144 valence electrons. The molecule has 0 radical (unpaired) electrons. The van der Waals surface area contributed by atoms with Gasteiger partial charge in [-0.05, 0) is 80.1 Å². The van der Waals surface area contributed by atoms with E-state index in [0.717, 1.165) is 22.6 Å². The Morgan fingerprint density at radius 2 is 1.29 bits per heavy atom. The van der Waals surface area contributed by atoms with Crippen LogP contribution in [0.15, 0.2) is 48.5 Å².